The lowest BCUT2D eigenvalue weighted by Gasteiger charge is -2.06. The van der Waals surface area contributed by atoms with Gasteiger partial charge in [0.1, 0.15) is 6.61 Å². The van der Waals surface area contributed by atoms with Crippen molar-refractivity contribution in [2.45, 2.75) is 31.7 Å². The molecule has 0 unspecified atom stereocenters. The van der Waals surface area contributed by atoms with Crippen LogP contribution in [0.4, 0.5) is 0 Å². The number of rotatable bonds is 5. The van der Waals surface area contributed by atoms with Crippen molar-refractivity contribution >= 4 is 5.78 Å². The molecule has 0 aromatic carbocycles. The number of ether oxygens (including phenoxy) is 1. The molecule has 0 aromatic rings. The Hall–Kier alpha value is -0.410. The number of hydrogen-bond donors (Lipinski definition) is 1. The van der Waals surface area contributed by atoms with Crippen molar-refractivity contribution in [2.24, 2.45) is 5.73 Å². The zero-order valence-corrected chi connectivity index (χ0v) is 6.93. The van der Waals surface area contributed by atoms with Gasteiger partial charge in [-0.25, -0.2) is 0 Å². The van der Waals surface area contributed by atoms with Crippen LogP contribution in [0.15, 0.2) is 0 Å². The van der Waals surface area contributed by atoms with Crippen LogP contribution in [0.1, 0.15) is 26.2 Å². The Morgan fingerprint density at radius 3 is 2.73 bits per heavy atom. The van der Waals surface area contributed by atoms with E-state index in [0.29, 0.717) is 6.61 Å². The van der Waals surface area contributed by atoms with E-state index in [4.69, 9.17) is 10.5 Å². The summed E-state index contributed by atoms with van der Waals surface area (Å²) in [5.41, 5.74) is 5.14. The summed E-state index contributed by atoms with van der Waals surface area (Å²) in [5, 5.41) is 0. The van der Waals surface area contributed by atoms with Gasteiger partial charge in [0.2, 0.25) is 0 Å². The molecule has 1 aliphatic rings. The highest BCUT2D eigenvalue weighted by Gasteiger charge is 2.45. The van der Waals surface area contributed by atoms with Gasteiger partial charge in [-0.1, -0.05) is 6.92 Å². The van der Waals surface area contributed by atoms with E-state index in [9.17, 15) is 4.79 Å². The lowest BCUT2D eigenvalue weighted by Crippen LogP contribution is -2.35. The molecular weight excluding hydrogens is 142 g/mol. The van der Waals surface area contributed by atoms with Gasteiger partial charge in [-0.05, 0) is 19.3 Å². The summed E-state index contributed by atoms with van der Waals surface area (Å²) in [6.07, 6.45) is 2.62. The molecule has 0 bridgehead atoms. The van der Waals surface area contributed by atoms with Crippen LogP contribution in [0.25, 0.3) is 0 Å². The van der Waals surface area contributed by atoms with Crippen LogP contribution >= 0.6 is 0 Å². The molecule has 1 aliphatic carbocycles. The molecule has 2 N–H and O–H groups in total. The fourth-order valence-corrected chi connectivity index (χ4v) is 0.866. The summed E-state index contributed by atoms with van der Waals surface area (Å²) in [7, 11) is 0. The van der Waals surface area contributed by atoms with Gasteiger partial charge in [0.05, 0.1) is 5.54 Å². The van der Waals surface area contributed by atoms with Gasteiger partial charge in [0, 0.05) is 6.61 Å². The molecule has 0 saturated heterocycles. The molecule has 1 saturated carbocycles. The van der Waals surface area contributed by atoms with Gasteiger partial charge in [-0.3, -0.25) is 4.79 Å². The summed E-state index contributed by atoms with van der Waals surface area (Å²) < 4.78 is 5.08. The normalized spacial score (nSPS) is 19.8. The van der Waals surface area contributed by atoms with Crippen LogP contribution in [0.2, 0.25) is 0 Å². The van der Waals surface area contributed by atoms with E-state index >= 15 is 0 Å². The third kappa shape index (κ3) is 2.27. The molecular formula is C8H15NO2. The van der Waals surface area contributed by atoms with Crippen molar-refractivity contribution in [3.05, 3.63) is 0 Å². The second kappa shape index (κ2) is 3.32. The molecule has 0 aliphatic heterocycles. The molecule has 0 atom stereocenters. The van der Waals surface area contributed by atoms with Crippen LogP contribution in [0.5, 0.6) is 0 Å². The van der Waals surface area contributed by atoms with Crippen LogP contribution < -0.4 is 5.73 Å². The molecule has 0 aromatic heterocycles. The van der Waals surface area contributed by atoms with Crippen LogP contribution in [0.3, 0.4) is 0 Å². The van der Waals surface area contributed by atoms with Gasteiger partial charge in [0.25, 0.3) is 0 Å². The average Bonchev–Trinajstić information content (AvgIpc) is 2.70. The molecule has 0 heterocycles. The van der Waals surface area contributed by atoms with E-state index < -0.39 is 5.54 Å². The molecule has 1 fully saturated rings. The largest absolute Gasteiger partial charge is 0.374 e. The quantitative estimate of drug-likeness (QED) is 0.590. The van der Waals surface area contributed by atoms with Gasteiger partial charge >= 0.3 is 0 Å². The topological polar surface area (TPSA) is 52.3 Å². The molecule has 0 radical (unpaired) electrons. The Morgan fingerprint density at radius 1 is 1.64 bits per heavy atom. The highest BCUT2D eigenvalue weighted by Crippen LogP contribution is 2.32. The molecule has 3 nitrogen and oxygen atoms in total. The molecule has 11 heavy (non-hydrogen) atoms. The lowest BCUT2D eigenvalue weighted by molar-refractivity contribution is -0.125. The first-order chi connectivity index (χ1) is 5.19. The highest BCUT2D eigenvalue weighted by atomic mass is 16.5. The molecule has 0 amide bonds. The van der Waals surface area contributed by atoms with Crippen molar-refractivity contribution < 1.29 is 9.53 Å². The van der Waals surface area contributed by atoms with Crippen LogP contribution in [-0.4, -0.2) is 24.5 Å². The predicted molar refractivity (Wildman–Crippen MR) is 42.3 cm³/mol. The maximum absolute atomic E-state index is 11.2. The van der Waals surface area contributed by atoms with Crippen molar-refractivity contribution in [3.8, 4) is 0 Å². The maximum atomic E-state index is 11.2. The van der Waals surface area contributed by atoms with E-state index in [0.717, 1.165) is 19.3 Å². The SMILES string of the molecule is CCCOCC(=O)C1(N)CC1. The lowest BCUT2D eigenvalue weighted by atomic mass is 10.2. The van der Waals surface area contributed by atoms with E-state index in [-0.39, 0.29) is 12.4 Å². The Kier molecular flexibility index (Phi) is 2.62. The predicted octanol–water partition coefficient (Wildman–Crippen LogP) is 0.473. The Labute approximate surface area is 66.9 Å². The van der Waals surface area contributed by atoms with Crippen molar-refractivity contribution in [2.75, 3.05) is 13.2 Å². The third-order valence-corrected chi connectivity index (χ3v) is 1.93. The smallest absolute Gasteiger partial charge is 0.178 e. The first-order valence-electron chi connectivity index (χ1n) is 4.09. The third-order valence-electron chi connectivity index (χ3n) is 1.93. The van der Waals surface area contributed by atoms with Crippen molar-refractivity contribution in [3.63, 3.8) is 0 Å². The number of hydrogen-bond acceptors (Lipinski definition) is 3. The second-order valence-corrected chi connectivity index (χ2v) is 3.13. The van der Waals surface area contributed by atoms with Crippen LogP contribution in [0, 0.1) is 0 Å². The minimum Gasteiger partial charge on any atom is -0.374 e. The summed E-state index contributed by atoms with van der Waals surface area (Å²) in [6.45, 7) is 2.87. The van der Waals surface area contributed by atoms with Gasteiger partial charge in [-0.15, -0.1) is 0 Å². The molecule has 1 rings (SSSR count). The fraction of sp³-hybridized carbons (Fsp3) is 0.875. The Balaban J connectivity index is 2.12. The van der Waals surface area contributed by atoms with Crippen molar-refractivity contribution in [1.29, 1.82) is 0 Å². The maximum Gasteiger partial charge on any atom is 0.178 e. The van der Waals surface area contributed by atoms with E-state index in [1.165, 1.54) is 0 Å². The first kappa shape index (κ1) is 8.68. The number of carbonyl (C=O) groups is 1. The fourth-order valence-electron chi connectivity index (χ4n) is 0.866. The van der Waals surface area contributed by atoms with Crippen LogP contribution in [-0.2, 0) is 9.53 Å². The monoisotopic (exact) mass is 157 g/mol. The first-order valence-corrected chi connectivity index (χ1v) is 4.09. The Bertz CT molecular complexity index is 152. The number of ketones is 1. The highest BCUT2D eigenvalue weighted by molar-refractivity contribution is 5.92. The van der Waals surface area contributed by atoms with Gasteiger partial charge in [-0.2, -0.15) is 0 Å². The number of nitrogens with two attached hydrogens (primary N) is 1. The zero-order chi connectivity index (χ0) is 8.32. The number of Topliss-reactive ketones (excluding diaryl/α,β-unsaturated/α-hetero) is 1. The average molecular weight is 157 g/mol. The summed E-state index contributed by atoms with van der Waals surface area (Å²) in [6, 6.07) is 0. The van der Waals surface area contributed by atoms with E-state index in [1.807, 2.05) is 6.92 Å². The Morgan fingerprint density at radius 2 is 2.27 bits per heavy atom. The standard InChI is InChI=1S/C8H15NO2/c1-2-5-11-6-7(10)8(9)3-4-8/h2-6,9H2,1H3. The number of carbonyl (C=O) groups excluding carboxylic acids is 1. The minimum atomic E-state index is -0.506. The van der Waals surface area contributed by atoms with Crippen molar-refractivity contribution in [1.82, 2.24) is 0 Å². The summed E-state index contributed by atoms with van der Waals surface area (Å²) >= 11 is 0. The van der Waals surface area contributed by atoms with Gasteiger partial charge < -0.3 is 10.5 Å². The van der Waals surface area contributed by atoms with E-state index in [1.54, 1.807) is 0 Å². The summed E-state index contributed by atoms with van der Waals surface area (Å²) in [4.78, 5) is 11.2. The molecule has 64 valence electrons. The molecule has 3 heteroatoms. The zero-order valence-electron chi connectivity index (χ0n) is 6.93. The second-order valence-electron chi connectivity index (χ2n) is 3.13. The summed E-state index contributed by atoms with van der Waals surface area (Å²) in [5.74, 6) is 0.0611. The molecule has 0 spiro atoms. The van der Waals surface area contributed by atoms with E-state index in [2.05, 4.69) is 0 Å². The van der Waals surface area contributed by atoms with Gasteiger partial charge in [0.15, 0.2) is 5.78 Å². The minimum absolute atomic E-state index is 0.0611.